The molecule has 1 radical (unpaired) electrons. The van der Waals surface area contributed by atoms with Gasteiger partial charge in [-0.05, 0) is 56.0 Å². The summed E-state index contributed by atoms with van der Waals surface area (Å²) in [5.74, 6) is 3.18. The van der Waals surface area contributed by atoms with Gasteiger partial charge in [-0.25, -0.2) is 0 Å². The summed E-state index contributed by atoms with van der Waals surface area (Å²) < 4.78 is 2.26. The standard InChI is InChI=1S/C33H32BN.C12H8N.Au/c1-24(2)28-17-11-18-29(25(3)4)33(28)35-22-21-34(23-35)32-30(26-13-7-5-8-14-26)19-12-20-31(32)27-15-9-6-10-16-27;1-3-7-11-9(5-1)10-6-2-4-8-12(10)13-11;/h5-22,24-25H,1-4H3;1-8H;/q;-1;. The predicted molar refractivity (Wildman–Crippen MR) is 206 cm³/mol. The third kappa shape index (κ3) is 7.07. The van der Waals surface area contributed by atoms with E-state index in [-0.39, 0.29) is 29.1 Å². The minimum atomic E-state index is 0. The second-order valence-electron chi connectivity index (χ2n) is 13.1. The first-order chi connectivity index (χ1) is 23.5. The molecule has 0 amide bonds. The van der Waals surface area contributed by atoms with Crippen molar-refractivity contribution in [3.8, 4) is 22.3 Å². The SMILES string of the molecule is CC(C)c1cccc(C(C)C)c1[N+]1=[C-]B(c2c(-c3ccccc3)cccc2-c2ccccc2)C=C1.[Au].c1ccc2c(c1)[n-]c1ccccc12. The third-order valence-corrected chi connectivity index (χ3v) is 9.22. The van der Waals surface area contributed by atoms with Crippen LogP contribution < -0.4 is 10.4 Å². The Morgan fingerprint density at radius 1 is 0.531 bits per heavy atom. The van der Waals surface area contributed by atoms with E-state index < -0.39 is 0 Å². The average Bonchev–Trinajstić information content (AvgIpc) is 3.77. The summed E-state index contributed by atoms with van der Waals surface area (Å²) in [5, 5.41) is 2.50. The Kier molecular flexibility index (Phi) is 10.7. The van der Waals surface area contributed by atoms with Gasteiger partial charge in [0.15, 0.2) is 0 Å². The van der Waals surface area contributed by atoms with Crippen LogP contribution in [0.2, 0.25) is 0 Å². The number of para-hydroxylation sites is 3. The normalized spacial score (nSPS) is 12.3. The van der Waals surface area contributed by atoms with E-state index in [0.717, 1.165) is 11.0 Å². The number of fused-ring (bicyclic) bond motifs is 3. The maximum absolute atomic E-state index is 4.52. The number of aromatic nitrogens is 1. The molecule has 245 valence electrons. The molecule has 1 aliphatic heterocycles. The number of benzene rings is 6. The van der Waals surface area contributed by atoms with Gasteiger partial charge in [-0.1, -0.05) is 179 Å². The van der Waals surface area contributed by atoms with Gasteiger partial charge in [0.25, 0.3) is 0 Å². The summed E-state index contributed by atoms with van der Waals surface area (Å²) in [4.78, 5) is 4.52. The van der Waals surface area contributed by atoms with Crippen LogP contribution in [0.1, 0.15) is 50.7 Å². The molecule has 1 aliphatic rings. The predicted octanol–water partition coefficient (Wildman–Crippen LogP) is 10.8. The quantitative estimate of drug-likeness (QED) is 0.0928. The molecular formula is C45H40AuBN2-. The van der Waals surface area contributed by atoms with Gasteiger partial charge in [0.2, 0.25) is 6.71 Å². The van der Waals surface area contributed by atoms with Crippen LogP contribution in [-0.4, -0.2) is 17.4 Å². The molecule has 0 atom stereocenters. The molecule has 0 unspecified atom stereocenters. The van der Waals surface area contributed by atoms with Gasteiger partial charge in [0, 0.05) is 22.4 Å². The molecule has 6 aromatic carbocycles. The summed E-state index contributed by atoms with van der Waals surface area (Å²) in [6.45, 7) is 9.16. The van der Waals surface area contributed by atoms with Crippen molar-refractivity contribution in [1.82, 2.24) is 4.98 Å². The first kappa shape index (κ1) is 34.2. The second kappa shape index (κ2) is 15.3. The van der Waals surface area contributed by atoms with E-state index in [2.05, 4.69) is 189 Å². The van der Waals surface area contributed by atoms with Crippen LogP contribution in [0.15, 0.2) is 158 Å². The Balaban J connectivity index is 0.000000247. The van der Waals surface area contributed by atoms with Crippen LogP contribution in [0, 0.1) is 0 Å². The summed E-state index contributed by atoms with van der Waals surface area (Å²) >= 11 is 0. The van der Waals surface area contributed by atoms with Crippen LogP contribution in [0.4, 0.5) is 5.69 Å². The molecule has 2 nitrogen and oxygen atoms in total. The fourth-order valence-electron chi connectivity index (χ4n) is 6.86. The molecule has 0 aliphatic carbocycles. The van der Waals surface area contributed by atoms with Crippen molar-refractivity contribution >= 4 is 45.8 Å². The molecule has 49 heavy (non-hydrogen) atoms. The molecule has 0 spiro atoms. The van der Waals surface area contributed by atoms with Gasteiger partial charge in [-0.2, -0.15) is 0 Å². The first-order valence-electron chi connectivity index (χ1n) is 17.0. The summed E-state index contributed by atoms with van der Waals surface area (Å²) in [7, 11) is 0. The third-order valence-electron chi connectivity index (χ3n) is 9.22. The molecule has 8 rings (SSSR count). The summed E-state index contributed by atoms with van der Waals surface area (Å²) in [5.41, 5.74) is 12.5. The van der Waals surface area contributed by atoms with Crippen molar-refractivity contribution in [3.05, 3.63) is 169 Å². The zero-order chi connectivity index (χ0) is 33.0. The minimum Gasteiger partial charge on any atom is -0.657 e. The maximum atomic E-state index is 4.52. The van der Waals surface area contributed by atoms with Crippen molar-refractivity contribution in [1.29, 1.82) is 0 Å². The van der Waals surface area contributed by atoms with E-state index in [1.54, 1.807) is 0 Å². The van der Waals surface area contributed by atoms with Crippen molar-refractivity contribution in [2.24, 2.45) is 0 Å². The Morgan fingerprint density at radius 2 is 0.980 bits per heavy atom. The number of nitrogens with zero attached hydrogens (tertiary/aromatic N) is 2. The van der Waals surface area contributed by atoms with Crippen LogP contribution in [0.25, 0.3) is 44.1 Å². The van der Waals surface area contributed by atoms with Crippen molar-refractivity contribution in [2.75, 3.05) is 0 Å². The molecule has 0 N–H and O–H groups in total. The van der Waals surface area contributed by atoms with E-state index in [1.165, 1.54) is 55.3 Å². The van der Waals surface area contributed by atoms with Gasteiger partial charge >= 0.3 is 0 Å². The van der Waals surface area contributed by atoms with Gasteiger partial charge < -0.3 is 9.56 Å². The van der Waals surface area contributed by atoms with Crippen molar-refractivity contribution < 1.29 is 27.0 Å². The Labute approximate surface area is 306 Å². The largest absolute Gasteiger partial charge is 0.657 e. The monoisotopic (exact) mass is 816 g/mol. The van der Waals surface area contributed by atoms with E-state index in [4.69, 9.17) is 0 Å². The zero-order valence-corrected chi connectivity index (χ0v) is 30.6. The molecule has 0 bridgehead atoms. The molecule has 1 aromatic heterocycles. The Bertz CT molecular complexity index is 2110. The molecule has 4 heteroatoms. The topological polar surface area (TPSA) is 17.1 Å². The van der Waals surface area contributed by atoms with Crippen LogP contribution in [0.5, 0.6) is 0 Å². The van der Waals surface area contributed by atoms with E-state index in [9.17, 15) is 0 Å². The van der Waals surface area contributed by atoms with Crippen molar-refractivity contribution in [3.63, 3.8) is 0 Å². The van der Waals surface area contributed by atoms with E-state index in [0.29, 0.717) is 11.8 Å². The number of hydrogen-bond donors (Lipinski definition) is 0. The molecule has 0 saturated heterocycles. The fourth-order valence-corrected chi connectivity index (χ4v) is 6.86. The van der Waals surface area contributed by atoms with Crippen LogP contribution in [-0.2, 0) is 22.4 Å². The van der Waals surface area contributed by atoms with Crippen molar-refractivity contribution in [2.45, 2.75) is 39.5 Å². The fraction of sp³-hybridized carbons (Fsp3) is 0.133. The first-order valence-corrected chi connectivity index (χ1v) is 17.0. The Hall–Kier alpha value is -4.66. The average molecular weight is 817 g/mol. The summed E-state index contributed by atoms with van der Waals surface area (Å²) in [6, 6.07) is 51.3. The molecule has 2 heterocycles. The second-order valence-corrected chi connectivity index (χ2v) is 13.1. The number of rotatable bonds is 6. The Morgan fingerprint density at radius 3 is 1.47 bits per heavy atom. The summed E-state index contributed by atoms with van der Waals surface area (Å²) in [6.07, 6.45) is 6.07. The van der Waals surface area contributed by atoms with E-state index in [1.807, 2.05) is 12.1 Å². The van der Waals surface area contributed by atoms with Crippen LogP contribution >= 0.6 is 0 Å². The maximum Gasteiger partial charge on any atom is 0.231 e. The van der Waals surface area contributed by atoms with Gasteiger partial charge in [-0.15, -0.1) is 17.0 Å². The molecule has 7 aromatic rings. The van der Waals surface area contributed by atoms with Gasteiger partial charge in [-0.3, -0.25) is 0 Å². The minimum absolute atomic E-state index is 0. The molecule has 0 fully saturated rings. The molecular weight excluding hydrogens is 776 g/mol. The van der Waals surface area contributed by atoms with E-state index >= 15 is 0 Å². The van der Waals surface area contributed by atoms with Gasteiger partial charge in [0.05, 0.1) is 12.3 Å². The molecule has 0 saturated carbocycles. The van der Waals surface area contributed by atoms with Crippen LogP contribution in [0.3, 0.4) is 0 Å². The smallest absolute Gasteiger partial charge is 0.231 e. The zero-order valence-electron chi connectivity index (χ0n) is 28.4. The number of hydrogen-bond acceptors (Lipinski definition) is 0. The van der Waals surface area contributed by atoms with Gasteiger partial charge in [0.1, 0.15) is 5.69 Å².